The Morgan fingerprint density at radius 1 is 1.50 bits per heavy atom. The molecule has 0 aliphatic rings. The van der Waals surface area contributed by atoms with Crippen molar-refractivity contribution in [3.63, 3.8) is 0 Å². The molecule has 0 aliphatic carbocycles. The zero-order valence-corrected chi connectivity index (χ0v) is 8.80. The molecule has 12 heavy (non-hydrogen) atoms. The lowest BCUT2D eigenvalue weighted by Gasteiger charge is -2.26. The summed E-state index contributed by atoms with van der Waals surface area (Å²) in [5, 5.41) is 9.52. The van der Waals surface area contributed by atoms with Crippen LogP contribution in [0.5, 0.6) is 0 Å². The molecule has 0 rings (SSSR count). The molecule has 0 bridgehead atoms. The maximum atomic E-state index is 9.52. The molecule has 0 aromatic rings. The van der Waals surface area contributed by atoms with Gasteiger partial charge in [0.1, 0.15) is 0 Å². The fourth-order valence-electron chi connectivity index (χ4n) is 1.04. The molecule has 0 atom stereocenters. The monoisotopic (exact) mass is 191 g/mol. The van der Waals surface area contributed by atoms with Gasteiger partial charge < -0.3 is 5.11 Å². The zero-order valence-electron chi connectivity index (χ0n) is 8.05. The number of aliphatic hydroxyl groups is 1. The molecule has 72 valence electrons. The van der Waals surface area contributed by atoms with E-state index in [4.69, 9.17) is 11.6 Å². The fourth-order valence-corrected chi connectivity index (χ4v) is 1.12. The highest BCUT2D eigenvalue weighted by Crippen LogP contribution is 2.04. The molecule has 0 unspecified atom stereocenters. The summed E-state index contributed by atoms with van der Waals surface area (Å²) in [6.45, 7) is 8.06. The lowest BCUT2D eigenvalue weighted by Crippen LogP contribution is -2.38. The molecule has 0 aromatic heterocycles. The Balaban J connectivity index is 3.83. The van der Waals surface area contributed by atoms with Crippen LogP contribution in [0.25, 0.3) is 0 Å². The van der Waals surface area contributed by atoms with Crippen LogP contribution in [-0.2, 0) is 0 Å². The van der Waals surface area contributed by atoms with Crippen LogP contribution in [-0.4, -0.2) is 35.2 Å². The van der Waals surface area contributed by atoms with Crippen molar-refractivity contribution in [1.29, 1.82) is 0 Å². The Hall–Kier alpha value is -0.0500. The Labute approximate surface area is 79.8 Å². The number of hydrogen-bond acceptors (Lipinski definition) is 2. The third kappa shape index (κ3) is 6.65. The van der Waals surface area contributed by atoms with E-state index in [1.807, 2.05) is 6.08 Å². The quantitative estimate of drug-likeness (QED) is 0.717. The first-order chi connectivity index (χ1) is 5.49. The number of hydrogen-bond donors (Lipinski definition) is 1. The standard InChI is InChI=1S/C9H18ClNO/c1-4-11(7-5-6-10)8-9(2,3)12/h5-6,12H,4,7-8H2,1-3H3. The van der Waals surface area contributed by atoms with Crippen LogP contribution in [0.3, 0.4) is 0 Å². The minimum Gasteiger partial charge on any atom is -0.389 e. The van der Waals surface area contributed by atoms with Gasteiger partial charge in [0, 0.05) is 18.6 Å². The van der Waals surface area contributed by atoms with Crippen LogP contribution in [0.2, 0.25) is 0 Å². The van der Waals surface area contributed by atoms with Gasteiger partial charge in [-0.3, -0.25) is 4.90 Å². The van der Waals surface area contributed by atoms with Gasteiger partial charge in [0.25, 0.3) is 0 Å². The Morgan fingerprint density at radius 2 is 2.08 bits per heavy atom. The Kier molecular flexibility index (Phi) is 5.55. The van der Waals surface area contributed by atoms with Crippen LogP contribution >= 0.6 is 11.6 Å². The number of rotatable bonds is 5. The van der Waals surface area contributed by atoms with Crippen molar-refractivity contribution in [3.8, 4) is 0 Å². The van der Waals surface area contributed by atoms with E-state index in [1.165, 1.54) is 5.54 Å². The topological polar surface area (TPSA) is 23.5 Å². The summed E-state index contributed by atoms with van der Waals surface area (Å²) in [5.74, 6) is 0. The van der Waals surface area contributed by atoms with Gasteiger partial charge in [0.15, 0.2) is 0 Å². The smallest absolute Gasteiger partial charge is 0.0718 e. The molecule has 2 nitrogen and oxygen atoms in total. The normalized spacial score (nSPS) is 13.2. The first-order valence-electron chi connectivity index (χ1n) is 4.19. The molecule has 0 amide bonds. The molecule has 1 N–H and O–H groups in total. The van der Waals surface area contributed by atoms with Gasteiger partial charge in [-0.25, -0.2) is 0 Å². The van der Waals surface area contributed by atoms with E-state index < -0.39 is 5.60 Å². The zero-order chi connectivity index (χ0) is 9.61. The van der Waals surface area contributed by atoms with E-state index in [-0.39, 0.29) is 0 Å². The average molecular weight is 192 g/mol. The predicted molar refractivity (Wildman–Crippen MR) is 53.4 cm³/mol. The van der Waals surface area contributed by atoms with Crippen molar-refractivity contribution in [2.75, 3.05) is 19.6 Å². The summed E-state index contributed by atoms with van der Waals surface area (Å²) in [4.78, 5) is 2.12. The van der Waals surface area contributed by atoms with Gasteiger partial charge in [-0.2, -0.15) is 0 Å². The summed E-state index contributed by atoms with van der Waals surface area (Å²) < 4.78 is 0. The second-order valence-corrected chi connectivity index (χ2v) is 3.75. The van der Waals surface area contributed by atoms with Crippen LogP contribution < -0.4 is 0 Å². The maximum absolute atomic E-state index is 9.52. The highest BCUT2D eigenvalue weighted by molar-refractivity contribution is 6.25. The lowest BCUT2D eigenvalue weighted by atomic mass is 10.1. The minimum atomic E-state index is -0.629. The Bertz CT molecular complexity index is 140. The van der Waals surface area contributed by atoms with Gasteiger partial charge in [0.2, 0.25) is 0 Å². The van der Waals surface area contributed by atoms with E-state index in [1.54, 1.807) is 13.8 Å². The third-order valence-electron chi connectivity index (χ3n) is 1.51. The van der Waals surface area contributed by atoms with Gasteiger partial charge in [0.05, 0.1) is 5.60 Å². The summed E-state index contributed by atoms with van der Waals surface area (Å²) >= 11 is 5.40. The van der Waals surface area contributed by atoms with Crippen LogP contribution in [0, 0.1) is 0 Å². The molecule has 0 heterocycles. The second-order valence-electron chi connectivity index (χ2n) is 3.50. The van der Waals surface area contributed by atoms with Gasteiger partial charge in [-0.05, 0) is 20.4 Å². The van der Waals surface area contributed by atoms with Crippen LogP contribution in [0.4, 0.5) is 0 Å². The first kappa shape index (κ1) is 11.9. The van der Waals surface area contributed by atoms with E-state index in [9.17, 15) is 5.11 Å². The van der Waals surface area contributed by atoms with E-state index >= 15 is 0 Å². The van der Waals surface area contributed by atoms with Crippen LogP contribution in [0.1, 0.15) is 20.8 Å². The van der Waals surface area contributed by atoms with Gasteiger partial charge >= 0.3 is 0 Å². The molecular formula is C9H18ClNO. The molecule has 0 aliphatic heterocycles. The number of halogens is 1. The van der Waals surface area contributed by atoms with Crippen molar-refractivity contribution in [2.24, 2.45) is 0 Å². The highest BCUT2D eigenvalue weighted by atomic mass is 35.5. The average Bonchev–Trinajstić information content (AvgIpc) is 1.95. The SMILES string of the molecule is CCN(CC=CCl)CC(C)(C)O. The van der Waals surface area contributed by atoms with Crippen molar-refractivity contribution < 1.29 is 5.11 Å². The molecule has 0 fully saturated rings. The number of nitrogens with zero attached hydrogens (tertiary/aromatic N) is 1. The molecule has 0 radical (unpaired) electrons. The molecule has 3 heteroatoms. The molecule has 0 spiro atoms. The fraction of sp³-hybridized carbons (Fsp3) is 0.778. The summed E-state index contributed by atoms with van der Waals surface area (Å²) in [6.07, 6.45) is 1.87. The number of likely N-dealkylation sites (N-methyl/N-ethyl adjacent to an activating group) is 1. The molecule has 0 saturated heterocycles. The van der Waals surface area contributed by atoms with Gasteiger partial charge in [-0.1, -0.05) is 24.6 Å². The molecule has 0 aromatic carbocycles. The minimum absolute atomic E-state index is 0.629. The van der Waals surface area contributed by atoms with E-state index in [0.717, 1.165) is 13.1 Å². The largest absolute Gasteiger partial charge is 0.389 e. The molecule has 0 saturated carbocycles. The van der Waals surface area contributed by atoms with Crippen molar-refractivity contribution in [3.05, 3.63) is 11.6 Å². The van der Waals surface area contributed by atoms with Gasteiger partial charge in [-0.15, -0.1) is 0 Å². The summed E-state index contributed by atoms with van der Waals surface area (Å²) in [6, 6.07) is 0. The summed E-state index contributed by atoms with van der Waals surface area (Å²) in [5.41, 5.74) is 0.878. The second kappa shape index (κ2) is 5.57. The molecular weight excluding hydrogens is 174 g/mol. The van der Waals surface area contributed by atoms with E-state index in [0.29, 0.717) is 6.54 Å². The van der Waals surface area contributed by atoms with Crippen molar-refractivity contribution in [1.82, 2.24) is 4.90 Å². The van der Waals surface area contributed by atoms with Crippen molar-refractivity contribution >= 4 is 11.6 Å². The van der Waals surface area contributed by atoms with Crippen LogP contribution in [0.15, 0.2) is 11.6 Å². The first-order valence-corrected chi connectivity index (χ1v) is 4.63. The lowest BCUT2D eigenvalue weighted by molar-refractivity contribution is 0.0416. The Morgan fingerprint density at radius 3 is 2.42 bits per heavy atom. The predicted octanol–water partition coefficient (Wildman–Crippen LogP) is 1.83. The maximum Gasteiger partial charge on any atom is 0.0718 e. The summed E-state index contributed by atoms with van der Waals surface area (Å²) in [7, 11) is 0. The highest BCUT2D eigenvalue weighted by Gasteiger charge is 2.15. The van der Waals surface area contributed by atoms with E-state index in [2.05, 4.69) is 11.8 Å². The third-order valence-corrected chi connectivity index (χ3v) is 1.69. The van der Waals surface area contributed by atoms with Crippen molar-refractivity contribution in [2.45, 2.75) is 26.4 Å².